The van der Waals surface area contributed by atoms with Crippen LogP contribution in [0.1, 0.15) is 56.1 Å². The van der Waals surface area contributed by atoms with E-state index in [1.165, 1.54) is 43.2 Å². The second-order valence-corrected chi connectivity index (χ2v) is 8.22. The Hall–Kier alpha value is -1.06. The van der Waals surface area contributed by atoms with Gasteiger partial charge in [-0.1, -0.05) is 13.0 Å². The van der Waals surface area contributed by atoms with Crippen LogP contribution in [0.4, 0.5) is 0 Å². The Bertz CT molecular complexity index is 587. The van der Waals surface area contributed by atoms with Gasteiger partial charge in [0.1, 0.15) is 5.75 Å². The van der Waals surface area contributed by atoms with Gasteiger partial charge in [-0.25, -0.2) is 0 Å². The summed E-state index contributed by atoms with van der Waals surface area (Å²) in [5, 5.41) is 13.5. The first-order valence-electron chi connectivity index (χ1n) is 9.38. The summed E-state index contributed by atoms with van der Waals surface area (Å²) in [6.45, 7) is 4.21. The number of phenols is 1. The van der Waals surface area contributed by atoms with Gasteiger partial charge in [0.05, 0.1) is 0 Å². The predicted octanol–water partition coefficient (Wildman–Crippen LogP) is 3.17. The van der Waals surface area contributed by atoms with Crippen LogP contribution < -0.4 is 11.1 Å². The van der Waals surface area contributed by atoms with Crippen molar-refractivity contribution in [2.24, 2.45) is 23.0 Å². The standard InChI is InChI=1S/C20H30N2O/c1-20-9-8-16-15-5-3-14(23)12-13(15)2-4-17(16)18(20)6-7-19(20)22-11-10-21/h3,5,12,16-19,22-23H,2,4,6-11,21H2,1H3/t16-,17-,18+,19+,20+/m1/s1. The van der Waals surface area contributed by atoms with Gasteiger partial charge >= 0.3 is 0 Å². The maximum Gasteiger partial charge on any atom is 0.115 e. The van der Waals surface area contributed by atoms with E-state index in [1.807, 2.05) is 12.1 Å². The van der Waals surface area contributed by atoms with Gasteiger partial charge < -0.3 is 16.2 Å². The van der Waals surface area contributed by atoms with Crippen molar-refractivity contribution in [3.05, 3.63) is 29.3 Å². The molecule has 5 atom stereocenters. The number of nitrogens with two attached hydrogens (primary N) is 1. The van der Waals surface area contributed by atoms with Crippen LogP contribution in [0.2, 0.25) is 0 Å². The highest BCUT2D eigenvalue weighted by Gasteiger charge is 2.54. The second-order valence-electron chi connectivity index (χ2n) is 8.22. The van der Waals surface area contributed by atoms with E-state index < -0.39 is 0 Å². The highest BCUT2D eigenvalue weighted by Crippen LogP contribution is 2.60. The minimum absolute atomic E-state index is 0.426. The molecule has 0 aliphatic heterocycles. The second kappa shape index (κ2) is 5.78. The average Bonchev–Trinajstić information content (AvgIpc) is 2.89. The van der Waals surface area contributed by atoms with E-state index in [4.69, 9.17) is 5.73 Å². The molecule has 1 aromatic rings. The molecule has 0 unspecified atom stereocenters. The zero-order valence-corrected chi connectivity index (χ0v) is 14.2. The third kappa shape index (κ3) is 2.40. The lowest BCUT2D eigenvalue weighted by atomic mass is 9.55. The van der Waals surface area contributed by atoms with Gasteiger partial charge in [0.25, 0.3) is 0 Å². The van der Waals surface area contributed by atoms with Crippen LogP contribution >= 0.6 is 0 Å². The van der Waals surface area contributed by atoms with E-state index in [2.05, 4.69) is 18.3 Å². The van der Waals surface area contributed by atoms with Gasteiger partial charge in [-0.15, -0.1) is 0 Å². The summed E-state index contributed by atoms with van der Waals surface area (Å²) in [5.41, 5.74) is 9.08. The number of fused-ring (bicyclic) bond motifs is 5. The van der Waals surface area contributed by atoms with Crippen LogP contribution in [-0.2, 0) is 6.42 Å². The summed E-state index contributed by atoms with van der Waals surface area (Å²) in [4.78, 5) is 0. The number of hydrogen-bond donors (Lipinski definition) is 3. The molecule has 0 bridgehead atoms. The van der Waals surface area contributed by atoms with Crippen molar-refractivity contribution >= 4 is 0 Å². The normalized spacial score (nSPS) is 38.7. The van der Waals surface area contributed by atoms with E-state index in [0.717, 1.165) is 31.3 Å². The fourth-order valence-corrected chi connectivity index (χ4v) is 6.16. The summed E-state index contributed by atoms with van der Waals surface area (Å²) < 4.78 is 0. The minimum atomic E-state index is 0.426. The van der Waals surface area contributed by atoms with Gasteiger partial charge in [-0.05, 0) is 85.0 Å². The van der Waals surface area contributed by atoms with Crippen LogP contribution in [0.3, 0.4) is 0 Å². The molecule has 1 aromatic carbocycles. The van der Waals surface area contributed by atoms with Crippen LogP contribution in [0.5, 0.6) is 5.75 Å². The van der Waals surface area contributed by atoms with Crippen molar-refractivity contribution < 1.29 is 5.11 Å². The lowest BCUT2D eigenvalue weighted by Crippen LogP contribution is -2.49. The van der Waals surface area contributed by atoms with Crippen molar-refractivity contribution in [2.75, 3.05) is 13.1 Å². The van der Waals surface area contributed by atoms with E-state index >= 15 is 0 Å². The molecular weight excluding hydrogens is 284 g/mol. The SMILES string of the molecule is C[C@]12CC[C@@H]3c4ccc(O)cc4CC[C@H]3[C@@H]1CC[C@@H]2NCCN. The molecule has 0 spiro atoms. The summed E-state index contributed by atoms with van der Waals surface area (Å²) in [5.74, 6) is 2.81. The van der Waals surface area contributed by atoms with Crippen LogP contribution in [0.15, 0.2) is 18.2 Å². The molecule has 4 N–H and O–H groups in total. The molecule has 3 aliphatic carbocycles. The van der Waals surface area contributed by atoms with Crippen molar-refractivity contribution in [1.82, 2.24) is 5.32 Å². The number of rotatable bonds is 3. The summed E-state index contributed by atoms with van der Waals surface area (Å²) >= 11 is 0. The van der Waals surface area contributed by atoms with Gasteiger partial charge in [0.2, 0.25) is 0 Å². The molecule has 126 valence electrons. The van der Waals surface area contributed by atoms with Crippen molar-refractivity contribution in [3.8, 4) is 5.75 Å². The predicted molar refractivity (Wildman–Crippen MR) is 93.6 cm³/mol. The quantitative estimate of drug-likeness (QED) is 0.803. The number of phenolic OH excluding ortho intramolecular Hbond substituents is 1. The maximum atomic E-state index is 9.77. The van der Waals surface area contributed by atoms with Gasteiger partial charge in [0, 0.05) is 19.1 Å². The highest BCUT2D eigenvalue weighted by molar-refractivity contribution is 5.40. The first kappa shape index (κ1) is 15.5. The smallest absolute Gasteiger partial charge is 0.115 e. The topological polar surface area (TPSA) is 58.3 Å². The minimum Gasteiger partial charge on any atom is -0.508 e. The van der Waals surface area contributed by atoms with Crippen molar-refractivity contribution in [3.63, 3.8) is 0 Å². The molecule has 3 aliphatic rings. The molecule has 2 saturated carbocycles. The largest absolute Gasteiger partial charge is 0.508 e. The third-order valence-electron chi connectivity index (χ3n) is 7.25. The lowest BCUT2D eigenvalue weighted by molar-refractivity contribution is 0.0415. The fourth-order valence-electron chi connectivity index (χ4n) is 6.16. The Balaban J connectivity index is 1.59. The summed E-state index contributed by atoms with van der Waals surface area (Å²) in [6, 6.07) is 6.73. The van der Waals surface area contributed by atoms with Crippen LogP contribution in [0, 0.1) is 17.3 Å². The molecular formula is C20H30N2O. The van der Waals surface area contributed by atoms with Gasteiger partial charge in [-0.2, -0.15) is 0 Å². The van der Waals surface area contributed by atoms with Gasteiger partial charge in [0.15, 0.2) is 0 Å². The van der Waals surface area contributed by atoms with E-state index in [0.29, 0.717) is 23.1 Å². The lowest BCUT2D eigenvalue weighted by Gasteiger charge is -2.51. The van der Waals surface area contributed by atoms with Crippen LogP contribution in [0.25, 0.3) is 0 Å². The number of hydrogen-bond acceptors (Lipinski definition) is 3. The molecule has 0 aromatic heterocycles. The van der Waals surface area contributed by atoms with Gasteiger partial charge in [-0.3, -0.25) is 0 Å². The molecule has 0 amide bonds. The molecule has 0 heterocycles. The monoisotopic (exact) mass is 314 g/mol. The summed E-state index contributed by atoms with van der Waals surface area (Å²) in [6.07, 6.45) is 7.74. The highest BCUT2D eigenvalue weighted by atomic mass is 16.3. The Labute approximate surface area is 139 Å². The molecule has 3 nitrogen and oxygen atoms in total. The Morgan fingerprint density at radius 2 is 2.13 bits per heavy atom. The molecule has 2 fully saturated rings. The van der Waals surface area contributed by atoms with E-state index in [9.17, 15) is 5.11 Å². The first-order valence-corrected chi connectivity index (χ1v) is 9.38. The number of aromatic hydroxyl groups is 1. The number of benzene rings is 1. The van der Waals surface area contributed by atoms with Crippen molar-refractivity contribution in [2.45, 2.75) is 57.4 Å². The zero-order chi connectivity index (χ0) is 16.0. The molecule has 0 radical (unpaired) electrons. The Morgan fingerprint density at radius 1 is 1.26 bits per heavy atom. The number of nitrogens with one attached hydrogen (secondary N) is 1. The Kier molecular flexibility index (Phi) is 3.89. The molecule has 3 heteroatoms. The summed E-state index contributed by atoms with van der Waals surface area (Å²) in [7, 11) is 0. The molecule has 4 rings (SSSR count). The third-order valence-corrected chi connectivity index (χ3v) is 7.25. The maximum absolute atomic E-state index is 9.77. The molecule has 0 saturated heterocycles. The van der Waals surface area contributed by atoms with E-state index in [-0.39, 0.29) is 0 Å². The van der Waals surface area contributed by atoms with Crippen molar-refractivity contribution in [1.29, 1.82) is 0 Å². The number of aryl methyl sites for hydroxylation is 1. The first-order chi connectivity index (χ1) is 11.1. The molecule has 23 heavy (non-hydrogen) atoms. The zero-order valence-electron chi connectivity index (χ0n) is 14.2. The average molecular weight is 314 g/mol. The van der Waals surface area contributed by atoms with Crippen LogP contribution in [-0.4, -0.2) is 24.2 Å². The Morgan fingerprint density at radius 3 is 2.96 bits per heavy atom. The fraction of sp³-hybridized carbons (Fsp3) is 0.700. The van der Waals surface area contributed by atoms with E-state index in [1.54, 1.807) is 0 Å².